The average Bonchev–Trinajstić information content (AvgIpc) is 2.07. The highest BCUT2D eigenvalue weighted by atomic mass is 16.6. The van der Waals surface area contributed by atoms with Gasteiger partial charge >= 0.3 is 6.09 Å². The number of hydrogen-bond acceptors (Lipinski definition) is 3. The molecule has 0 radical (unpaired) electrons. The molecule has 1 aliphatic rings. The van der Waals surface area contributed by atoms with Crippen molar-refractivity contribution in [2.24, 2.45) is 0 Å². The lowest BCUT2D eigenvalue weighted by Gasteiger charge is -2.29. The van der Waals surface area contributed by atoms with Gasteiger partial charge in [0.25, 0.3) is 0 Å². The first-order valence-electron chi connectivity index (χ1n) is 5.75. The number of ether oxygens (including phenoxy) is 1. The number of hydrogen-bond donors (Lipinski definition) is 1. The van der Waals surface area contributed by atoms with Gasteiger partial charge in [-0.1, -0.05) is 12.2 Å². The van der Waals surface area contributed by atoms with E-state index in [1.807, 2.05) is 32.9 Å². The molecule has 4 nitrogen and oxygen atoms in total. The summed E-state index contributed by atoms with van der Waals surface area (Å²) in [5.41, 5.74) is -0.431. The number of carbonyl (C=O) groups is 1. The summed E-state index contributed by atoms with van der Waals surface area (Å²) in [5.74, 6) is 0. The molecule has 0 bridgehead atoms. The summed E-state index contributed by atoms with van der Waals surface area (Å²) in [6.07, 6.45) is 3.78. The molecular weight excluding hydrogens is 204 g/mol. The van der Waals surface area contributed by atoms with Crippen LogP contribution < -0.4 is 5.32 Å². The summed E-state index contributed by atoms with van der Waals surface area (Å²) in [7, 11) is 0. The van der Waals surface area contributed by atoms with E-state index in [0.29, 0.717) is 13.1 Å². The van der Waals surface area contributed by atoms with Gasteiger partial charge in [0.05, 0.1) is 0 Å². The Labute approximate surface area is 97.6 Å². The van der Waals surface area contributed by atoms with Gasteiger partial charge < -0.3 is 15.0 Å². The van der Waals surface area contributed by atoms with Crippen LogP contribution in [0, 0.1) is 0 Å². The summed E-state index contributed by atoms with van der Waals surface area (Å²) in [5, 5.41) is 3.30. The molecule has 0 saturated heterocycles. The number of carbonyl (C=O) groups excluding carboxylic acids is 1. The maximum Gasteiger partial charge on any atom is 0.410 e. The van der Waals surface area contributed by atoms with Crippen molar-refractivity contribution in [3.63, 3.8) is 0 Å². The SMILES string of the molecule is C[C@@H]1CN(C(=O)OC(C)(C)C)CC=CCN1. The summed E-state index contributed by atoms with van der Waals surface area (Å²) in [4.78, 5) is 13.6. The van der Waals surface area contributed by atoms with Crippen LogP contribution in [0.25, 0.3) is 0 Å². The van der Waals surface area contributed by atoms with E-state index in [4.69, 9.17) is 4.74 Å². The smallest absolute Gasteiger partial charge is 0.410 e. The van der Waals surface area contributed by atoms with Crippen molar-refractivity contribution in [2.45, 2.75) is 39.3 Å². The Kier molecular flexibility index (Phi) is 4.35. The molecular formula is C12H22N2O2. The van der Waals surface area contributed by atoms with Crippen molar-refractivity contribution in [1.29, 1.82) is 0 Å². The Morgan fingerprint density at radius 1 is 1.44 bits per heavy atom. The second kappa shape index (κ2) is 5.34. The molecule has 1 heterocycles. The zero-order chi connectivity index (χ0) is 12.2. The molecule has 1 rings (SSSR count). The molecule has 1 amide bonds. The van der Waals surface area contributed by atoms with E-state index in [-0.39, 0.29) is 12.1 Å². The van der Waals surface area contributed by atoms with Gasteiger partial charge in [0, 0.05) is 25.7 Å². The van der Waals surface area contributed by atoms with Crippen LogP contribution in [0.5, 0.6) is 0 Å². The van der Waals surface area contributed by atoms with Gasteiger partial charge in [-0.05, 0) is 27.7 Å². The third-order valence-electron chi connectivity index (χ3n) is 2.22. The summed E-state index contributed by atoms with van der Waals surface area (Å²) in [6, 6.07) is 0.289. The van der Waals surface area contributed by atoms with Crippen LogP contribution in [0.4, 0.5) is 4.79 Å². The highest BCUT2D eigenvalue weighted by Gasteiger charge is 2.22. The number of nitrogens with one attached hydrogen (secondary N) is 1. The Bertz CT molecular complexity index is 269. The Morgan fingerprint density at radius 2 is 2.12 bits per heavy atom. The van der Waals surface area contributed by atoms with E-state index in [9.17, 15) is 4.79 Å². The Morgan fingerprint density at radius 3 is 2.75 bits per heavy atom. The zero-order valence-electron chi connectivity index (χ0n) is 10.6. The quantitative estimate of drug-likeness (QED) is 0.640. The van der Waals surface area contributed by atoms with E-state index in [2.05, 4.69) is 12.2 Å². The topological polar surface area (TPSA) is 41.6 Å². The molecule has 1 aliphatic heterocycles. The summed E-state index contributed by atoms with van der Waals surface area (Å²) < 4.78 is 5.35. The molecule has 0 aromatic rings. The van der Waals surface area contributed by atoms with E-state index < -0.39 is 5.60 Å². The molecule has 4 heteroatoms. The maximum atomic E-state index is 11.9. The van der Waals surface area contributed by atoms with Crippen molar-refractivity contribution in [3.8, 4) is 0 Å². The minimum absolute atomic E-state index is 0.243. The fourth-order valence-corrected chi connectivity index (χ4v) is 1.50. The number of rotatable bonds is 0. The number of nitrogens with zero attached hydrogens (tertiary/aromatic N) is 1. The van der Waals surface area contributed by atoms with Crippen LogP contribution in [0.15, 0.2) is 12.2 Å². The van der Waals surface area contributed by atoms with Crippen molar-refractivity contribution >= 4 is 6.09 Å². The van der Waals surface area contributed by atoms with Gasteiger partial charge in [-0.3, -0.25) is 0 Å². The summed E-state index contributed by atoms with van der Waals surface area (Å²) >= 11 is 0. The van der Waals surface area contributed by atoms with Crippen LogP contribution in [-0.4, -0.2) is 42.3 Å². The first kappa shape index (κ1) is 13.0. The van der Waals surface area contributed by atoms with E-state index in [1.165, 1.54) is 0 Å². The van der Waals surface area contributed by atoms with Gasteiger partial charge in [-0.15, -0.1) is 0 Å². The molecule has 92 valence electrons. The molecule has 0 unspecified atom stereocenters. The zero-order valence-corrected chi connectivity index (χ0v) is 10.6. The van der Waals surface area contributed by atoms with E-state index >= 15 is 0 Å². The molecule has 1 N–H and O–H groups in total. The first-order chi connectivity index (χ1) is 7.38. The van der Waals surface area contributed by atoms with Crippen molar-refractivity contribution in [2.75, 3.05) is 19.6 Å². The van der Waals surface area contributed by atoms with Crippen LogP contribution >= 0.6 is 0 Å². The van der Waals surface area contributed by atoms with Gasteiger partial charge in [0.1, 0.15) is 5.60 Å². The molecule has 0 fully saturated rings. The lowest BCUT2D eigenvalue weighted by atomic mass is 10.2. The predicted molar refractivity (Wildman–Crippen MR) is 64.4 cm³/mol. The van der Waals surface area contributed by atoms with E-state index in [1.54, 1.807) is 4.90 Å². The van der Waals surface area contributed by atoms with Crippen LogP contribution in [-0.2, 0) is 4.74 Å². The molecule has 0 spiro atoms. The maximum absolute atomic E-state index is 11.9. The van der Waals surface area contributed by atoms with Crippen LogP contribution in [0.3, 0.4) is 0 Å². The first-order valence-corrected chi connectivity index (χ1v) is 5.75. The highest BCUT2D eigenvalue weighted by molar-refractivity contribution is 5.68. The fourth-order valence-electron chi connectivity index (χ4n) is 1.50. The standard InChI is InChI=1S/C12H22N2O2/c1-10-9-14(8-6-5-7-13-10)11(15)16-12(2,3)4/h5-6,10,13H,7-9H2,1-4H3/t10-/m1/s1. The fraction of sp³-hybridized carbons (Fsp3) is 0.750. The van der Waals surface area contributed by atoms with E-state index in [0.717, 1.165) is 6.54 Å². The van der Waals surface area contributed by atoms with Crippen molar-refractivity contribution in [3.05, 3.63) is 12.2 Å². The van der Waals surface area contributed by atoms with Gasteiger partial charge in [0.2, 0.25) is 0 Å². The molecule has 0 aromatic carbocycles. The van der Waals surface area contributed by atoms with Gasteiger partial charge in [0.15, 0.2) is 0 Å². The van der Waals surface area contributed by atoms with Crippen molar-refractivity contribution < 1.29 is 9.53 Å². The van der Waals surface area contributed by atoms with Crippen molar-refractivity contribution in [1.82, 2.24) is 10.2 Å². The predicted octanol–water partition coefficient (Wildman–Crippen LogP) is 1.77. The minimum atomic E-state index is -0.431. The second-order valence-electron chi connectivity index (χ2n) is 5.17. The molecule has 1 atom stereocenters. The van der Waals surface area contributed by atoms with Gasteiger partial charge in [-0.2, -0.15) is 0 Å². The second-order valence-corrected chi connectivity index (χ2v) is 5.17. The minimum Gasteiger partial charge on any atom is -0.444 e. The average molecular weight is 226 g/mol. The normalized spacial score (nSPS) is 22.5. The lowest BCUT2D eigenvalue weighted by molar-refractivity contribution is 0.0256. The molecule has 0 aromatic heterocycles. The lowest BCUT2D eigenvalue weighted by Crippen LogP contribution is -2.45. The Hall–Kier alpha value is -1.03. The molecule has 0 aliphatic carbocycles. The Balaban J connectivity index is 2.58. The molecule has 0 saturated carbocycles. The number of amides is 1. The van der Waals surface area contributed by atoms with Gasteiger partial charge in [-0.25, -0.2) is 4.79 Å². The molecule has 16 heavy (non-hydrogen) atoms. The summed E-state index contributed by atoms with van der Waals surface area (Å²) in [6.45, 7) is 9.88. The monoisotopic (exact) mass is 226 g/mol. The third kappa shape index (κ3) is 4.66. The van der Waals surface area contributed by atoms with Crippen LogP contribution in [0.1, 0.15) is 27.7 Å². The van der Waals surface area contributed by atoms with Crippen LogP contribution in [0.2, 0.25) is 0 Å². The largest absolute Gasteiger partial charge is 0.444 e. The third-order valence-corrected chi connectivity index (χ3v) is 2.22. The highest BCUT2D eigenvalue weighted by Crippen LogP contribution is 2.10.